The summed E-state index contributed by atoms with van der Waals surface area (Å²) in [7, 11) is 0. The molecule has 7 rings (SSSR count). The second-order valence-corrected chi connectivity index (χ2v) is 10.1. The summed E-state index contributed by atoms with van der Waals surface area (Å²) in [6, 6.07) is 50.8. The van der Waals surface area contributed by atoms with Gasteiger partial charge in [-0.1, -0.05) is 146 Å². The highest BCUT2D eigenvalue weighted by molar-refractivity contribution is 6.23. The van der Waals surface area contributed by atoms with Crippen molar-refractivity contribution >= 4 is 38.4 Å². The second kappa shape index (κ2) is 9.74. The van der Waals surface area contributed by atoms with Crippen molar-refractivity contribution in [2.24, 2.45) is 0 Å². The van der Waals surface area contributed by atoms with Crippen LogP contribution in [-0.4, -0.2) is 0 Å². The van der Waals surface area contributed by atoms with Gasteiger partial charge in [-0.05, 0) is 84.3 Å². The summed E-state index contributed by atoms with van der Waals surface area (Å²) in [4.78, 5) is 0. The van der Waals surface area contributed by atoms with E-state index in [1.807, 2.05) is 0 Å². The molecule has 0 spiro atoms. The number of benzene rings is 7. The van der Waals surface area contributed by atoms with Crippen LogP contribution in [0.5, 0.6) is 0 Å². The van der Waals surface area contributed by atoms with Crippen LogP contribution in [0.25, 0.3) is 71.8 Å². The molecule has 0 atom stereocenters. The van der Waals surface area contributed by atoms with E-state index >= 15 is 0 Å². The van der Waals surface area contributed by atoms with Crippen molar-refractivity contribution in [2.45, 2.75) is 6.92 Å². The standard InChI is InChI=1S/C39H28/c1-2-11-27-20-25-36-37(26-27)38(31-23-21-29(22-24-31)28-12-4-3-5-13-28)34-17-8-9-18-35(34)39(36)33-19-10-15-30-14-6-7-16-32(30)33/h2-26H,1H3/b11-2-. The Kier molecular flexibility index (Phi) is 5.79. The first kappa shape index (κ1) is 23.2. The van der Waals surface area contributed by atoms with Crippen molar-refractivity contribution in [1.29, 1.82) is 0 Å². The van der Waals surface area contributed by atoms with Gasteiger partial charge in [0.2, 0.25) is 0 Å². The molecule has 0 nitrogen and oxygen atoms in total. The minimum atomic E-state index is 1.21. The molecule has 0 radical (unpaired) electrons. The molecule has 0 bridgehead atoms. The summed E-state index contributed by atoms with van der Waals surface area (Å²) >= 11 is 0. The van der Waals surface area contributed by atoms with Crippen LogP contribution in [-0.2, 0) is 0 Å². The van der Waals surface area contributed by atoms with Crippen molar-refractivity contribution in [3.05, 3.63) is 151 Å². The normalized spacial score (nSPS) is 11.6. The zero-order valence-electron chi connectivity index (χ0n) is 21.9. The first-order chi connectivity index (χ1) is 19.3. The Bertz CT molecular complexity index is 1990. The zero-order valence-corrected chi connectivity index (χ0v) is 21.9. The van der Waals surface area contributed by atoms with Crippen molar-refractivity contribution < 1.29 is 0 Å². The summed E-state index contributed by atoms with van der Waals surface area (Å²) < 4.78 is 0. The minimum Gasteiger partial charge on any atom is -0.0871 e. The van der Waals surface area contributed by atoms with E-state index in [4.69, 9.17) is 0 Å². The second-order valence-electron chi connectivity index (χ2n) is 10.1. The van der Waals surface area contributed by atoms with Crippen LogP contribution in [0, 0.1) is 0 Å². The number of hydrogen-bond donors (Lipinski definition) is 0. The van der Waals surface area contributed by atoms with E-state index in [2.05, 4.69) is 159 Å². The number of fused-ring (bicyclic) bond motifs is 3. The fourth-order valence-electron chi connectivity index (χ4n) is 6.00. The minimum absolute atomic E-state index is 1.21. The van der Waals surface area contributed by atoms with Crippen molar-refractivity contribution in [1.82, 2.24) is 0 Å². The van der Waals surface area contributed by atoms with Gasteiger partial charge in [-0.15, -0.1) is 0 Å². The molecule has 184 valence electrons. The van der Waals surface area contributed by atoms with E-state index < -0.39 is 0 Å². The molecule has 0 aliphatic carbocycles. The highest BCUT2D eigenvalue weighted by atomic mass is 14.2. The van der Waals surface area contributed by atoms with Gasteiger partial charge in [0.05, 0.1) is 0 Å². The van der Waals surface area contributed by atoms with Crippen LogP contribution in [0.4, 0.5) is 0 Å². The lowest BCUT2D eigenvalue weighted by atomic mass is 9.84. The quantitative estimate of drug-likeness (QED) is 0.213. The molecule has 0 aromatic heterocycles. The molecular weight excluding hydrogens is 468 g/mol. The Balaban J connectivity index is 1.57. The summed E-state index contributed by atoms with van der Waals surface area (Å²) in [5.41, 5.74) is 8.78. The monoisotopic (exact) mass is 496 g/mol. The van der Waals surface area contributed by atoms with Crippen LogP contribution in [0.3, 0.4) is 0 Å². The van der Waals surface area contributed by atoms with Crippen molar-refractivity contribution in [2.75, 3.05) is 0 Å². The van der Waals surface area contributed by atoms with Crippen LogP contribution in [0.2, 0.25) is 0 Å². The van der Waals surface area contributed by atoms with Gasteiger partial charge in [-0.2, -0.15) is 0 Å². The molecule has 0 heteroatoms. The van der Waals surface area contributed by atoms with Crippen LogP contribution in [0.15, 0.2) is 146 Å². The first-order valence-corrected chi connectivity index (χ1v) is 13.6. The van der Waals surface area contributed by atoms with Crippen LogP contribution < -0.4 is 0 Å². The first-order valence-electron chi connectivity index (χ1n) is 13.6. The Morgan fingerprint density at radius 2 is 1.00 bits per heavy atom. The molecule has 0 fully saturated rings. The third-order valence-corrected chi connectivity index (χ3v) is 7.75. The number of rotatable bonds is 4. The van der Waals surface area contributed by atoms with Crippen LogP contribution >= 0.6 is 0 Å². The van der Waals surface area contributed by atoms with E-state index in [-0.39, 0.29) is 0 Å². The van der Waals surface area contributed by atoms with E-state index in [1.54, 1.807) is 0 Å². The third-order valence-electron chi connectivity index (χ3n) is 7.75. The average Bonchev–Trinajstić information content (AvgIpc) is 3.00. The number of allylic oxidation sites excluding steroid dienone is 1. The lowest BCUT2D eigenvalue weighted by Gasteiger charge is -2.19. The Morgan fingerprint density at radius 3 is 1.77 bits per heavy atom. The van der Waals surface area contributed by atoms with E-state index in [1.165, 1.54) is 71.3 Å². The number of hydrogen-bond acceptors (Lipinski definition) is 0. The molecule has 39 heavy (non-hydrogen) atoms. The molecule has 0 unspecified atom stereocenters. The van der Waals surface area contributed by atoms with Crippen LogP contribution in [0.1, 0.15) is 12.5 Å². The predicted octanol–water partition coefficient (Wildman–Crippen LogP) is 11.2. The van der Waals surface area contributed by atoms with Gasteiger partial charge in [-0.25, -0.2) is 0 Å². The predicted molar refractivity (Wildman–Crippen MR) is 170 cm³/mol. The third kappa shape index (κ3) is 4.02. The zero-order chi connectivity index (χ0) is 26.2. The maximum absolute atomic E-state index is 2.36. The summed E-state index contributed by atoms with van der Waals surface area (Å²) in [6.07, 6.45) is 4.30. The highest BCUT2D eigenvalue weighted by Crippen LogP contribution is 2.45. The van der Waals surface area contributed by atoms with Crippen molar-refractivity contribution in [3.8, 4) is 33.4 Å². The van der Waals surface area contributed by atoms with Gasteiger partial charge in [-0.3, -0.25) is 0 Å². The summed E-state index contributed by atoms with van der Waals surface area (Å²) in [5.74, 6) is 0. The molecule has 0 N–H and O–H groups in total. The lowest BCUT2D eigenvalue weighted by Crippen LogP contribution is -1.92. The highest BCUT2D eigenvalue weighted by Gasteiger charge is 2.18. The largest absolute Gasteiger partial charge is 0.0871 e. The average molecular weight is 497 g/mol. The summed E-state index contributed by atoms with van der Waals surface area (Å²) in [5, 5.41) is 7.66. The van der Waals surface area contributed by atoms with Gasteiger partial charge >= 0.3 is 0 Å². The molecule has 0 heterocycles. The Labute approximate surface area is 229 Å². The molecule has 0 aliphatic heterocycles. The van der Waals surface area contributed by atoms with Gasteiger partial charge in [0, 0.05) is 0 Å². The molecule has 0 amide bonds. The fourth-order valence-corrected chi connectivity index (χ4v) is 6.00. The molecule has 7 aromatic carbocycles. The Hall–Kier alpha value is -4.94. The van der Waals surface area contributed by atoms with Gasteiger partial charge in [0.1, 0.15) is 0 Å². The molecule has 0 saturated heterocycles. The van der Waals surface area contributed by atoms with E-state index in [0.29, 0.717) is 0 Å². The molecular formula is C39H28. The van der Waals surface area contributed by atoms with Crippen molar-refractivity contribution in [3.63, 3.8) is 0 Å². The smallest absolute Gasteiger partial charge is 0.00201 e. The van der Waals surface area contributed by atoms with E-state index in [0.717, 1.165) is 0 Å². The summed E-state index contributed by atoms with van der Waals surface area (Å²) in [6.45, 7) is 2.08. The SMILES string of the molecule is C/C=C\c1ccc2c(-c3cccc4ccccc34)c3ccccc3c(-c3ccc(-c4ccccc4)cc3)c2c1. The topological polar surface area (TPSA) is 0 Å². The Morgan fingerprint density at radius 1 is 0.410 bits per heavy atom. The molecule has 0 aliphatic rings. The maximum Gasteiger partial charge on any atom is -0.00201 e. The van der Waals surface area contributed by atoms with Gasteiger partial charge in [0.15, 0.2) is 0 Å². The fraction of sp³-hybridized carbons (Fsp3) is 0.0256. The lowest BCUT2D eigenvalue weighted by molar-refractivity contribution is 1.61. The molecule has 7 aromatic rings. The van der Waals surface area contributed by atoms with Gasteiger partial charge < -0.3 is 0 Å². The van der Waals surface area contributed by atoms with E-state index in [9.17, 15) is 0 Å². The maximum atomic E-state index is 2.36. The van der Waals surface area contributed by atoms with Gasteiger partial charge in [0.25, 0.3) is 0 Å². The molecule has 0 saturated carbocycles.